The van der Waals surface area contributed by atoms with Gasteiger partial charge in [-0.25, -0.2) is 0 Å². The first-order chi connectivity index (χ1) is 11.3. The van der Waals surface area contributed by atoms with E-state index in [-0.39, 0.29) is 5.91 Å². The molecule has 2 aromatic rings. The molecule has 120 valence electrons. The molecular formula is C17H20N4O2. The maximum atomic E-state index is 12.4. The highest BCUT2D eigenvalue weighted by Crippen LogP contribution is 2.15. The number of hydrogen-bond acceptors (Lipinski definition) is 5. The summed E-state index contributed by atoms with van der Waals surface area (Å²) in [6, 6.07) is 11.5. The number of carbonyl (C=O) groups is 1. The van der Waals surface area contributed by atoms with E-state index in [0.717, 1.165) is 30.2 Å². The van der Waals surface area contributed by atoms with Crippen LogP contribution in [0.1, 0.15) is 5.56 Å². The van der Waals surface area contributed by atoms with E-state index in [2.05, 4.69) is 15.1 Å². The van der Waals surface area contributed by atoms with Crippen LogP contribution in [0.15, 0.2) is 42.6 Å². The lowest BCUT2D eigenvalue weighted by Gasteiger charge is -2.35. The number of anilines is 1. The van der Waals surface area contributed by atoms with Crippen LogP contribution in [0.4, 0.5) is 5.82 Å². The topological polar surface area (TPSA) is 58.6 Å². The smallest absolute Gasteiger partial charge is 0.227 e. The van der Waals surface area contributed by atoms with Gasteiger partial charge in [-0.2, -0.15) is 5.10 Å². The van der Waals surface area contributed by atoms with Crippen molar-refractivity contribution in [2.45, 2.75) is 6.42 Å². The van der Waals surface area contributed by atoms with Crippen molar-refractivity contribution in [3.63, 3.8) is 0 Å². The van der Waals surface area contributed by atoms with Gasteiger partial charge in [-0.15, -0.1) is 5.10 Å². The second-order valence-corrected chi connectivity index (χ2v) is 5.48. The summed E-state index contributed by atoms with van der Waals surface area (Å²) >= 11 is 0. The lowest BCUT2D eigenvalue weighted by Crippen LogP contribution is -2.49. The fraction of sp³-hybridized carbons (Fsp3) is 0.353. The van der Waals surface area contributed by atoms with Crippen molar-refractivity contribution < 1.29 is 9.53 Å². The first-order valence-corrected chi connectivity index (χ1v) is 7.69. The Hall–Kier alpha value is -2.63. The summed E-state index contributed by atoms with van der Waals surface area (Å²) in [5.41, 5.74) is 0.978. The van der Waals surface area contributed by atoms with Gasteiger partial charge in [0.15, 0.2) is 5.82 Å². The lowest BCUT2D eigenvalue weighted by atomic mass is 10.1. The third-order valence-corrected chi connectivity index (χ3v) is 4.00. The molecule has 0 bridgehead atoms. The average Bonchev–Trinajstić information content (AvgIpc) is 2.63. The van der Waals surface area contributed by atoms with Crippen molar-refractivity contribution in [1.29, 1.82) is 0 Å². The molecule has 0 radical (unpaired) electrons. The van der Waals surface area contributed by atoms with E-state index in [1.54, 1.807) is 13.3 Å². The Labute approximate surface area is 135 Å². The summed E-state index contributed by atoms with van der Waals surface area (Å²) in [6.45, 7) is 2.98. The number of nitrogens with zero attached hydrogens (tertiary/aromatic N) is 4. The van der Waals surface area contributed by atoms with Crippen molar-refractivity contribution in [3.8, 4) is 5.75 Å². The minimum absolute atomic E-state index is 0.150. The summed E-state index contributed by atoms with van der Waals surface area (Å²) in [6.07, 6.45) is 2.07. The Morgan fingerprint density at radius 1 is 1.17 bits per heavy atom. The zero-order valence-electron chi connectivity index (χ0n) is 13.2. The maximum Gasteiger partial charge on any atom is 0.227 e. The van der Waals surface area contributed by atoms with Gasteiger partial charge in [-0.1, -0.05) is 12.1 Å². The molecule has 1 aromatic heterocycles. The van der Waals surface area contributed by atoms with Crippen molar-refractivity contribution in [2.75, 3.05) is 38.2 Å². The van der Waals surface area contributed by atoms with Crippen LogP contribution in [0, 0.1) is 0 Å². The number of benzene rings is 1. The number of ether oxygens (including phenoxy) is 1. The summed E-state index contributed by atoms with van der Waals surface area (Å²) in [5.74, 6) is 1.80. The van der Waals surface area contributed by atoms with Crippen LogP contribution in [0.2, 0.25) is 0 Å². The van der Waals surface area contributed by atoms with Gasteiger partial charge in [0.05, 0.1) is 13.5 Å². The van der Waals surface area contributed by atoms with E-state index in [1.165, 1.54) is 0 Å². The molecule has 0 spiro atoms. The summed E-state index contributed by atoms with van der Waals surface area (Å²) in [4.78, 5) is 16.5. The molecular weight excluding hydrogens is 292 g/mol. The van der Waals surface area contributed by atoms with Crippen LogP contribution in [-0.4, -0.2) is 54.3 Å². The van der Waals surface area contributed by atoms with Gasteiger partial charge in [0.25, 0.3) is 0 Å². The van der Waals surface area contributed by atoms with E-state index in [1.807, 2.05) is 41.3 Å². The van der Waals surface area contributed by atoms with Crippen LogP contribution < -0.4 is 9.64 Å². The molecule has 1 fully saturated rings. The minimum atomic E-state index is 0.150. The molecule has 1 aliphatic heterocycles. The molecule has 0 N–H and O–H groups in total. The predicted molar refractivity (Wildman–Crippen MR) is 87.5 cm³/mol. The summed E-state index contributed by atoms with van der Waals surface area (Å²) < 4.78 is 5.20. The van der Waals surface area contributed by atoms with Gasteiger partial charge in [-0.3, -0.25) is 4.79 Å². The van der Waals surface area contributed by atoms with Crippen LogP contribution in [0.25, 0.3) is 0 Å². The fourth-order valence-electron chi connectivity index (χ4n) is 2.72. The normalized spacial score (nSPS) is 14.7. The number of methoxy groups -OCH3 is 1. The largest absolute Gasteiger partial charge is 0.497 e. The predicted octanol–water partition coefficient (Wildman–Crippen LogP) is 1.38. The molecule has 1 aromatic carbocycles. The Balaban J connectivity index is 1.56. The van der Waals surface area contributed by atoms with Crippen molar-refractivity contribution >= 4 is 11.7 Å². The average molecular weight is 312 g/mol. The molecule has 0 aliphatic carbocycles. The number of aromatic nitrogens is 2. The first kappa shape index (κ1) is 15.3. The quantitative estimate of drug-likeness (QED) is 0.853. The molecule has 1 amide bonds. The Kier molecular flexibility index (Phi) is 4.71. The zero-order valence-corrected chi connectivity index (χ0v) is 13.2. The van der Waals surface area contributed by atoms with Crippen LogP contribution in [-0.2, 0) is 11.2 Å². The van der Waals surface area contributed by atoms with Gasteiger partial charge in [0.2, 0.25) is 5.91 Å². The van der Waals surface area contributed by atoms with E-state index in [4.69, 9.17) is 4.74 Å². The van der Waals surface area contributed by atoms with E-state index in [0.29, 0.717) is 19.5 Å². The highest BCUT2D eigenvalue weighted by Gasteiger charge is 2.22. The first-order valence-electron chi connectivity index (χ1n) is 7.69. The van der Waals surface area contributed by atoms with Gasteiger partial charge < -0.3 is 14.5 Å². The molecule has 1 saturated heterocycles. The molecule has 0 saturated carbocycles. The van der Waals surface area contributed by atoms with E-state index in [9.17, 15) is 4.79 Å². The Morgan fingerprint density at radius 2 is 2.00 bits per heavy atom. The second-order valence-electron chi connectivity index (χ2n) is 5.48. The molecule has 23 heavy (non-hydrogen) atoms. The highest BCUT2D eigenvalue weighted by molar-refractivity contribution is 5.79. The van der Waals surface area contributed by atoms with Gasteiger partial charge in [-0.05, 0) is 29.8 Å². The fourth-order valence-corrected chi connectivity index (χ4v) is 2.72. The monoisotopic (exact) mass is 312 g/mol. The SMILES string of the molecule is COc1cccc(CC(=O)N2CCN(c3cccnn3)CC2)c1. The van der Waals surface area contributed by atoms with Gasteiger partial charge in [0.1, 0.15) is 5.75 Å². The van der Waals surface area contributed by atoms with Crippen LogP contribution >= 0.6 is 0 Å². The second kappa shape index (κ2) is 7.09. The molecule has 2 heterocycles. The van der Waals surface area contributed by atoms with Gasteiger partial charge in [0, 0.05) is 32.4 Å². The van der Waals surface area contributed by atoms with Crippen molar-refractivity contribution in [1.82, 2.24) is 15.1 Å². The number of carbonyl (C=O) groups excluding carboxylic acids is 1. The molecule has 6 heteroatoms. The lowest BCUT2D eigenvalue weighted by molar-refractivity contribution is -0.130. The van der Waals surface area contributed by atoms with E-state index < -0.39 is 0 Å². The van der Waals surface area contributed by atoms with Gasteiger partial charge >= 0.3 is 0 Å². The Bertz CT molecular complexity index is 655. The third-order valence-electron chi connectivity index (χ3n) is 4.00. The van der Waals surface area contributed by atoms with Crippen LogP contribution in [0.3, 0.4) is 0 Å². The number of rotatable bonds is 4. The minimum Gasteiger partial charge on any atom is -0.497 e. The molecule has 1 aliphatic rings. The number of hydrogen-bond donors (Lipinski definition) is 0. The molecule has 0 unspecified atom stereocenters. The molecule has 6 nitrogen and oxygen atoms in total. The number of amides is 1. The standard InChI is InChI=1S/C17H20N4O2/c1-23-15-5-2-4-14(12-15)13-17(22)21-10-8-20(9-11-21)16-6-3-7-18-19-16/h2-7,12H,8-11,13H2,1H3. The van der Waals surface area contributed by atoms with Crippen molar-refractivity contribution in [3.05, 3.63) is 48.2 Å². The van der Waals surface area contributed by atoms with E-state index >= 15 is 0 Å². The Morgan fingerprint density at radius 3 is 2.70 bits per heavy atom. The third kappa shape index (κ3) is 3.77. The maximum absolute atomic E-state index is 12.4. The zero-order chi connectivity index (χ0) is 16.1. The highest BCUT2D eigenvalue weighted by atomic mass is 16.5. The summed E-state index contributed by atoms with van der Waals surface area (Å²) in [7, 11) is 1.63. The molecule has 0 atom stereocenters. The molecule has 3 rings (SSSR count). The van der Waals surface area contributed by atoms with Crippen molar-refractivity contribution in [2.24, 2.45) is 0 Å². The van der Waals surface area contributed by atoms with Crippen LogP contribution in [0.5, 0.6) is 5.75 Å². The number of piperazine rings is 1. The summed E-state index contributed by atoms with van der Waals surface area (Å²) in [5, 5.41) is 8.02.